The first-order chi connectivity index (χ1) is 14.2. The minimum Gasteiger partial charge on any atom is -0.354 e. The number of aryl methyl sites for hydroxylation is 3. The molecule has 160 valence electrons. The number of carbonyl (C=O) groups is 1. The fourth-order valence-electron chi connectivity index (χ4n) is 3.67. The van der Waals surface area contributed by atoms with Crippen LogP contribution in [0.3, 0.4) is 0 Å². The first-order valence-electron chi connectivity index (χ1n) is 10.6. The van der Waals surface area contributed by atoms with Crippen LogP contribution in [0.15, 0.2) is 29.1 Å². The summed E-state index contributed by atoms with van der Waals surface area (Å²) in [5, 5.41) is 12.8. The highest BCUT2D eigenvalue weighted by molar-refractivity contribution is 5.84. The molecule has 0 saturated carbocycles. The Morgan fingerprint density at radius 3 is 2.37 bits per heavy atom. The smallest absolute Gasteiger partial charge is 0.295 e. The minimum absolute atomic E-state index is 0.179. The lowest BCUT2D eigenvalue weighted by molar-refractivity contribution is -0.124. The lowest BCUT2D eigenvalue weighted by Gasteiger charge is -2.17. The topological polar surface area (TPSA) is 81.8 Å². The summed E-state index contributed by atoms with van der Waals surface area (Å²) >= 11 is 0. The molecule has 3 aromatic rings. The van der Waals surface area contributed by atoms with E-state index < -0.39 is 6.04 Å². The number of benzene rings is 1. The van der Waals surface area contributed by atoms with Crippen molar-refractivity contribution in [2.24, 2.45) is 5.92 Å². The van der Waals surface area contributed by atoms with E-state index in [4.69, 9.17) is 0 Å². The quantitative estimate of drug-likeness (QED) is 0.646. The van der Waals surface area contributed by atoms with Crippen LogP contribution in [-0.2, 0) is 4.79 Å². The number of amides is 1. The molecule has 1 amide bonds. The van der Waals surface area contributed by atoms with Gasteiger partial charge >= 0.3 is 0 Å². The molecule has 0 aliphatic heterocycles. The maximum absolute atomic E-state index is 13.3. The fraction of sp³-hybridized carbons (Fsp3) is 0.478. The van der Waals surface area contributed by atoms with Crippen LogP contribution >= 0.6 is 0 Å². The molecule has 7 nitrogen and oxygen atoms in total. The first kappa shape index (κ1) is 21.7. The van der Waals surface area contributed by atoms with Gasteiger partial charge in [0.2, 0.25) is 5.91 Å². The average molecular weight is 410 g/mol. The first-order valence-corrected chi connectivity index (χ1v) is 10.6. The fourth-order valence-corrected chi connectivity index (χ4v) is 3.67. The number of hydrogen-bond acceptors (Lipinski definition) is 4. The Kier molecular flexibility index (Phi) is 6.39. The largest absolute Gasteiger partial charge is 0.354 e. The van der Waals surface area contributed by atoms with Crippen LogP contribution in [0.1, 0.15) is 56.6 Å². The van der Waals surface area contributed by atoms with Gasteiger partial charge < -0.3 is 5.32 Å². The molecule has 7 heteroatoms. The second-order valence-electron chi connectivity index (χ2n) is 8.29. The second-order valence-corrected chi connectivity index (χ2v) is 8.29. The van der Waals surface area contributed by atoms with Gasteiger partial charge in [-0.05, 0) is 51.7 Å². The summed E-state index contributed by atoms with van der Waals surface area (Å²) < 4.78 is 3.07. The van der Waals surface area contributed by atoms with Gasteiger partial charge in [-0.3, -0.25) is 9.59 Å². The summed E-state index contributed by atoms with van der Waals surface area (Å²) in [4.78, 5) is 26.0. The highest BCUT2D eigenvalue weighted by Crippen LogP contribution is 2.22. The molecule has 0 aliphatic rings. The molecule has 0 spiro atoms. The molecule has 0 fully saturated rings. The monoisotopic (exact) mass is 409 g/mol. The van der Waals surface area contributed by atoms with Gasteiger partial charge in [0.05, 0.1) is 22.5 Å². The van der Waals surface area contributed by atoms with E-state index in [0.29, 0.717) is 30.1 Å². The molecule has 1 aromatic carbocycles. The Bertz CT molecular complexity index is 1110. The number of fused-ring (bicyclic) bond motifs is 1. The molecule has 1 atom stereocenters. The number of nitrogens with one attached hydrogen (secondary N) is 1. The van der Waals surface area contributed by atoms with Crippen molar-refractivity contribution in [1.29, 1.82) is 0 Å². The van der Waals surface area contributed by atoms with Gasteiger partial charge in [0.25, 0.3) is 5.56 Å². The molecule has 3 rings (SSSR count). The number of carbonyl (C=O) groups excluding carboxylic acids is 1. The molecule has 0 aliphatic carbocycles. The predicted octanol–water partition coefficient (Wildman–Crippen LogP) is 3.62. The van der Waals surface area contributed by atoms with Crippen LogP contribution in [-0.4, -0.2) is 32.0 Å². The van der Waals surface area contributed by atoms with Crippen molar-refractivity contribution in [3.63, 3.8) is 0 Å². The lowest BCUT2D eigenvalue weighted by atomic mass is 10.1. The minimum atomic E-state index is -0.655. The van der Waals surface area contributed by atoms with Gasteiger partial charge in [-0.1, -0.05) is 38.5 Å². The van der Waals surface area contributed by atoms with E-state index >= 15 is 0 Å². The van der Waals surface area contributed by atoms with E-state index in [2.05, 4.69) is 29.4 Å². The van der Waals surface area contributed by atoms with Crippen molar-refractivity contribution in [2.75, 3.05) is 6.54 Å². The maximum atomic E-state index is 13.3. The van der Waals surface area contributed by atoms with Gasteiger partial charge in [0.15, 0.2) is 5.52 Å². The Hall–Kier alpha value is -2.96. The molecular weight excluding hydrogens is 378 g/mol. The molecular formula is C23H31N5O2. The number of aromatic nitrogens is 4. The normalized spacial score (nSPS) is 12.5. The van der Waals surface area contributed by atoms with Crippen molar-refractivity contribution in [1.82, 2.24) is 24.9 Å². The predicted molar refractivity (Wildman–Crippen MR) is 119 cm³/mol. The van der Waals surface area contributed by atoms with E-state index in [-0.39, 0.29) is 11.5 Å². The summed E-state index contributed by atoms with van der Waals surface area (Å²) in [6, 6.07) is 7.33. The standard InChI is InChI=1S/C23H31N5O2/c1-7-19(22(29)24-13-12-14(2)3)28-23(30)21-20(16(5)25-28)17(6)27(26-21)18-10-8-15(4)9-11-18/h8-11,14,19H,7,12-13H2,1-6H3,(H,24,29)/t19-/m0/s1. The van der Waals surface area contributed by atoms with Crippen molar-refractivity contribution in [2.45, 2.75) is 60.4 Å². The van der Waals surface area contributed by atoms with Gasteiger partial charge in [0, 0.05) is 6.54 Å². The Labute approximate surface area is 177 Å². The van der Waals surface area contributed by atoms with E-state index in [1.807, 2.05) is 52.0 Å². The highest BCUT2D eigenvalue weighted by atomic mass is 16.2. The summed E-state index contributed by atoms with van der Waals surface area (Å²) in [5.41, 5.74) is 3.59. The summed E-state index contributed by atoms with van der Waals surface area (Å²) in [6.45, 7) is 12.5. The van der Waals surface area contributed by atoms with Crippen molar-refractivity contribution in [3.8, 4) is 5.69 Å². The second kappa shape index (κ2) is 8.81. The number of rotatable bonds is 7. The third kappa shape index (κ3) is 4.15. The SMILES string of the molecule is CC[C@@H](C(=O)NCCC(C)C)n1nc(C)c2c(C)n(-c3ccc(C)cc3)nc2c1=O. The molecule has 0 radical (unpaired) electrons. The van der Waals surface area contributed by atoms with Gasteiger partial charge in [0.1, 0.15) is 6.04 Å². The van der Waals surface area contributed by atoms with E-state index in [1.54, 1.807) is 4.68 Å². The third-order valence-electron chi connectivity index (χ3n) is 5.43. The molecule has 0 unspecified atom stereocenters. The van der Waals surface area contributed by atoms with Crippen LogP contribution in [0, 0.1) is 26.7 Å². The maximum Gasteiger partial charge on any atom is 0.295 e. The summed E-state index contributed by atoms with van der Waals surface area (Å²) in [6.07, 6.45) is 1.37. The number of hydrogen-bond donors (Lipinski definition) is 1. The molecule has 2 heterocycles. The van der Waals surface area contributed by atoms with E-state index in [9.17, 15) is 9.59 Å². The zero-order valence-electron chi connectivity index (χ0n) is 18.7. The lowest BCUT2D eigenvalue weighted by Crippen LogP contribution is -2.39. The Morgan fingerprint density at radius 2 is 1.77 bits per heavy atom. The molecule has 30 heavy (non-hydrogen) atoms. The van der Waals surface area contributed by atoms with Crippen LogP contribution < -0.4 is 10.9 Å². The Morgan fingerprint density at radius 1 is 1.10 bits per heavy atom. The average Bonchev–Trinajstić information content (AvgIpc) is 3.04. The van der Waals surface area contributed by atoms with Crippen molar-refractivity contribution < 1.29 is 4.79 Å². The van der Waals surface area contributed by atoms with Gasteiger partial charge in [-0.25, -0.2) is 9.36 Å². The molecule has 1 N–H and O–H groups in total. The zero-order chi connectivity index (χ0) is 22.0. The van der Waals surface area contributed by atoms with Crippen molar-refractivity contribution >= 4 is 16.8 Å². The van der Waals surface area contributed by atoms with Crippen LogP contribution in [0.5, 0.6) is 0 Å². The summed E-state index contributed by atoms with van der Waals surface area (Å²) in [7, 11) is 0. The number of nitrogens with zero attached hydrogens (tertiary/aromatic N) is 4. The third-order valence-corrected chi connectivity index (χ3v) is 5.43. The van der Waals surface area contributed by atoms with Gasteiger partial charge in [-0.2, -0.15) is 10.2 Å². The van der Waals surface area contributed by atoms with Crippen molar-refractivity contribution in [3.05, 3.63) is 51.6 Å². The van der Waals surface area contributed by atoms with Crippen LogP contribution in [0.25, 0.3) is 16.6 Å². The Balaban J connectivity index is 2.05. The van der Waals surface area contributed by atoms with Crippen LogP contribution in [0.4, 0.5) is 0 Å². The van der Waals surface area contributed by atoms with E-state index in [0.717, 1.165) is 28.8 Å². The highest BCUT2D eigenvalue weighted by Gasteiger charge is 2.25. The zero-order valence-corrected chi connectivity index (χ0v) is 18.7. The van der Waals surface area contributed by atoms with E-state index in [1.165, 1.54) is 4.68 Å². The van der Waals surface area contributed by atoms with Gasteiger partial charge in [-0.15, -0.1) is 0 Å². The summed E-state index contributed by atoms with van der Waals surface area (Å²) in [5.74, 6) is 0.319. The molecule has 0 saturated heterocycles. The van der Waals surface area contributed by atoms with Crippen LogP contribution in [0.2, 0.25) is 0 Å². The molecule has 0 bridgehead atoms. The molecule has 2 aromatic heterocycles.